The number of aromatic nitrogens is 1. The van der Waals surface area contributed by atoms with E-state index in [9.17, 15) is 4.79 Å². The van der Waals surface area contributed by atoms with Gasteiger partial charge in [0.15, 0.2) is 0 Å². The van der Waals surface area contributed by atoms with Crippen molar-refractivity contribution in [3.63, 3.8) is 0 Å². The Kier molecular flexibility index (Phi) is 4.57. The number of hydrogen-bond donors (Lipinski definition) is 1. The van der Waals surface area contributed by atoms with E-state index in [1.54, 1.807) is 25.2 Å². The average molecular weight is 277 g/mol. The second-order valence-corrected chi connectivity index (χ2v) is 5.45. The highest BCUT2D eigenvalue weighted by Crippen LogP contribution is 2.18. The number of carbonyl (C=O) groups is 1. The molecule has 1 atom stereocenters. The number of piperazine rings is 1. The van der Waals surface area contributed by atoms with Crippen LogP contribution in [0.5, 0.6) is 0 Å². The SMILES string of the molecule is CN1CCN(c2ccc(C(=O)N(C)C)cn2)C(CN)C1. The van der Waals surface area contributed by atoms with Gasteiger partial charge in [0.1, 0.15) is 5.82 Å². The van der Waals surface area contributed by atoms with Crippen LogP contribution in [0.2, 0.25) is 0 Å². The van der Waals surface area contributed by atoms with E-state index >= 15 is 0 Å². The number of nitrogens with two attached hydrogens (primary N) is 1. The number of hydrogen-bond acceptors (Lipinski definition) is 5. The number of anilines is 1. The van der Waals surface area contributed by atoms with E-state index < -0.39 is 0 Å². The molecule has 2 rings (SSSR count). The fraction of sp³-hybridized carbons (Fsp3) is 0.571. The third-order valence-corrected chi connectivity index (χ3v) is 3.65. The summed E-state index contributed by atoms with van der Waals surface area (Å²) in [4.78, 5) is 22.3. The molecule has 1 saturated heterocycles. The first-order valence-corrected chi connectivity index (χ1v) is 6.86. The second kappa shape index (κ2) is 6.19. The maximum absolute atomic E-state index is 11.8. The quantitative estimate of drug-likeness (QED) is 0.833. The third kappa shape index (κ3) is 3.08. The van der Waals surface area contributed by atoms with Crippen LogP contribution in [0.25, 0.3) is 0 Å². The van der Waals surface area contributed by atoms with Gasteiger partial charge in [0, 0.05) is 46.5 Å². The van der Waals surface area contributed by atoms with Gasteiger partial charge in [0.2, 0.25) is 0 Å². The summed E-state index contributed by atoms with van der Waals surface area (Å²) in [6.07, 6.45) is 1.64. The Morgan fingerprint density at radius 2 is 2.20 bits per heavy atom. The van der Waals surface area contributed by atoms with Crippen LogP contribution in [0.1, 0.15) is 10.4 Å². The molecule has 1 aromatic heterocycles. The van der Waals surface area contributed by atoms with Crippen LogP contribution in [0.15, 0.2) is 18.3 Å². The van der Waals surface area contributed by atoms with Crippen molar-refractivity contribution < 1.29 is 4.79 Å². The van der Waals surface area contributed by atoms with Crippen molar-refractivity contribution in [2.75, 3.05) is 52.2 Å². The number of nitrogens with zero attached hydrogens (tertiary/aromatic N) is 4. The molecule has 0 saturated carbocycles. The van der Waals surface area contributed by atoms with Crippen molar-refractivity contribution in [3.8, 4) is 0 Å². The van der Waals surface area contributed by atoms with Gasteiger partial charge in [-0.15, -0.1) is 0 Å². The van der Waals surface area contributed by atoms with E-state index in [0.29, 0.717) is 12.1 Å². The first-order chi connectivity index (χ1) is 9.52. The van der Waals surface area contributed by atoms with Crippen LogP contribution in [0.4, 0.5) is 5.82 Å². The molecule has 1 amide bonds. The number of likely N-dealkylation sites (N-methyl/N-ethyl adjacent to an activating group) is 1. The lowest BCUT2D eigenvalue weighted by molar-refractivity contribution is 0.0827. The minimum atomic E-state index is -0.0298. The molecule has 0 aliphatic carbocycles. The first kappa shape index (κ1) is 14.7. The standard InChI is InChI=1S/C14H23N5O/c1-17(2)14(20)11-4-5-13(16-9-11)19-7-6-18(3)10-12(19)8-15/h4-5,9,12H,6-8,10,15H2,1-3H3. The maximum atomic E-state index is 11.8. The Morgan fingerprint density at radius 1 is 1.45 bits per heavy atom. The zero-order chi connectivity index (χ0) is 14.7. The van der Waals surface area contributed by atoms with E-state index in [1.165, 1.54) is 0 Å². The van der Waals surface area contributed by atoms with Crippen LogP contribution < -0.4 is 10.6 Å². The van der Waals surface area contributed by atoms with Gasteiger partial charge < -0.3 is 20.4 Å². The molecule has 0 bridgehead atoms. The van der Waals surface area contributed by atoms with E-state index in [4.69, 9.17) is 5.73 Å². The molecule has 0 aromatic carbocycles. The van der Waals surface area contributed by atoms with Gasteiger partial charge in [-0.25, -0.2) is 4.98 Å². The molecular formula is C14H23N5O. The predicted molar refractivity (Wildman–Crippen MR) is 79.9 cm³/mol. The molecule has 0 spiro atoms. The average Bonchev–Trinajstić information content (AvgIpc) is 2.46. The molecule has 20 heavy (non-hydrogen) atoms. The Balaban J connectivity index is 2.15. The van der Waals surface area contributed by atoms with Crippen molar-refractivity contribution in [1.82, 2.24) is 14.8 Å². The lowest BCUT2D eigenvalue weighted by Gasteiger charge is -2.40. The van der Waals surface area contributed by atoms with Crippen LogP contribution >= 0.6 is 0 Å². The molecule has 6 heteroatoms. The Labute approximate surface area is 120 Å². The number of rotatable bonds is 3. The van der Waals surface area contributed by atoms with Gasteiger partial charge in [0.25, 0.3) is 5.91 Å². The fourth-order valence-corrected chi connectivity index (χ4v) is 2.45. The summed E-state index contributed by atoms with van der Waals surface area (Å²) in [7, 11) is 5.58. The Hall–Kier alpha value is -1.66. The largest absolute Gasteiger partial charge is 0.350 e. The van der Waals surface area contributed by atoms with E-state index in [-0.39, 0.29) is 11.9 Å². The van der Waals surface area contributed by atoms with Gasteiger partial charge in [0.05, 0.1) is 11.6 Å². The molecule has 1 aromatic rings. The van der Waals surface area contributed by atoms with Gasteiger partial charge in [-0.2, -0.15) is 0 Å². The molecule has 1 unspecified atom stereocenters. The number of amides is 1. The van der Waals surface area contributed by atoms with Gasteiger partial charge >= 0.3 is 0 Å². The highest BCUT2D eigenvalue weighted by Gasteiger charge is 2.25. The highest BCUT2D eigenvalue weighted by molar-refractivity contribution is 5.93. The van der Waals surface area contributed by atoms with Crippen molar-refractivity contribution >= 4 is 11.7 Å². The van der Waals surface area contributed by atoms with Crippen LogP contribution in [-0.2, 0) is 0 Å². The fourth-order valence-electron chi connectivity index (χ4n) is 2.45. The zero-order valence-electron chi connectivity index (χ0n) is 12.4. The first-order valence-electron chi connectivity index (χ1n) is 6.86. The third-order valence-electron chi connectivity index (χ3n) is 3.65. The van der Waals surface area contributed by atoms with E-state index in [1.807, 2.05) is 12.1 Å². The summed E-state index contributed by atoms with van der Waals surface area (Å²) in [5.74, 6) is 0.863. The molecule has 2 N–H and O–H groups in total. The lowest BCUT2D eigenvalue weighted by Crippen LogP contribution is -2.55. The molecule has 6 nitrogen and oxygen atoms in total. The molecule has 1 fully saturated rings. The predicted octanol–water partition coefficient (Wildman–Crippen LogP) is -0.137. The number of pyridine rings is 1. The highest BCUT2D eigenvalue weighted by atomic mass is 16.2. The molecule has 0 radical (unpaired) electrons. The zero-order valence-corrected chi connectivity index (χ0v) is 12.4. The molecule has 110 valence electrons. The molecule has 2 heterocycles. The molecule has 1 aliphatic heterocycles. The minimum absolute atomic E-state index is 0.0298. The number of carbonyl (C=O) groups excluding carboxylic acids is 1. The Bertz CT molecular complexity index is 459. The summed E-state index contributed by atoms with van der Waals surface area (Å²) in [6, 6.07) is 4.01. The topological polar surface area (TPSA) is 65.7 Å². The summed E-state index contributed by atoms with van der Waals surface area (Å²) in [5, 5.41) is 0. The van der Waals surface area contributed by atoms with Crippen LogP contribution in [0, 0.1) is 0 Å². The lowest BCUT2D eigenvalue weighted by atomic mass is 10.1. The normalized spacial score (nSPS) is 20.0. The summed E-state index contributed by atoms with van der Waals surface area (Å²) >= 11 is 0. The van der Waals surface area contributed by atoms with Crippen LogP contribution in [0.3, 0.4) is 0 Å². The van der Waals surface area contributed by atoms with E-state index in [0.717, 1.165) is 25.5 Å². The molecular weight excluding hydrogens is 254 g/mol. The van der Waals surface area contributed by atoms with E-state index in [2.05, 4.69) is 21.8 Å². The molecule has 1 aliphatic rings. The summed E-state index contributed by atoms with van der Waals surface area (Å²) in [5.41, 5.74) is 6.46. The van der Waals surface area contributed by atoms with Gasteiger partial charge in [-0.1, -0.05) is 0 Å². The van der Waals surface area contributed by atoms with Gasteiger partial charge in [-0.05, 0) is 19.2 Å². The van der Waals surface area contributed by atoms with Crippen molar-refractivity contribution in [2.45, 2.75) is 6.04 Å². The van der Waals surface area contributed by atoms with Crippen LogP contribution in [-0.4, -0.2) is 74.1 Å². The van der Waals surface area contributed by atoms with Gasteiger partial charge in [-0.3, -0.25) is 4.79 Å². The van der Waals surface area contributed by atoms with Crippen molar-refractivity contribution in [1.29, 1.82) is 0 Å². The Morgan fingerprint density at radius 3 is 2.75 bits per heavy atom. The smallest absolute Gasteiger partial charge is 0.254 e. The second-order valence-electron chi connectivity index (χ2n) is 5.45. The summed E-state index contributed by atoms with van der Waals surface area (Å²) in [6.45, 7) is 3.45. The van der Waals surface area contributed by atoms with Crippen molar-refractivity contribution in [2.24, 2.45) is 5.73 Å². The minimum Gasteiger partial charge on any atom is -0.350 e. The maximum Gasteiger partial charge on any atom is 0.254 e. The monoisotopic (exact) mass is 277 g/mol. The summed E-state index contributed by atoms with van der Waals surface area (Å²) < 4.78 is 0. The van der Waals surface area contributed by atoms with Crippen molar-refractivity contribution in [3.05, 3.63) is 23.9 Å².